The Morgan fingerprint density at radius 3 is 2.35 bits per heavy atom. The van der Waals surface area contributed by atoms with E-state index < -0.39 is 58.7 Å². The standard InChI is InChI=1S/C36H47N3O7/c1-17-6-8-18(9-7-17)12-19-10-11-20(13-19)22-16-25(38(2)3)23-14-21-15-24-29(39(4)5)32(42)28(35(37)45)34(44)36(24,46)33(43)26(21)31(41)27(23)30(22)40/h10-11,16-18,21,24,28-29,32,40-42,46H,6-9,12-15H2,1-5H3,(H2,37,45)/t17?,18?,21-,24-,28?,29-,32?,36-/m1/s1. The number of phenols is 1. The number of aliphatic hydroxyl groups is 3. The molecule has 10 heteroatoms. The summed E-state index contributed by atoms with van der Waals surface area (Å²) >= 11 is 0. The molecule has 1 aromatic rings. The molecular weight excluding hydrogens is 586 g/mol. The monoisotopic (exact) mass is 633 g/mol. The number of aliphatic hydroxyl groups excluding tert-OH is 2. The van der Waals surface area contributed by atoms with Gasteiger partial charge in [0, 0.05) is 42.9 Å². The summed E-state index contributed by atoms with van der Waals surface area (Å²) in [4.78, 5) is 43.7. The summed E-state index contributed by atoms with van der Waals surface area (Å²) in [6, 6.07) is 1.01. The van der Waals surface area contributed by atoms with Crippen LogP contribution in [0, 0.1) is 29.6 Å². The number of hydrogen-bond acceptors (Lipinski definition) is 9. The van der Waals surface area contributed by atoms with Crippen molar-refractivity contribution >= 4 is 34.5 Å². The Morgan fingerprint density at radius 2 is 1.74 bits per heavy atom. The highest BCUT2D eigenvalue weighted by Gasteiger charge is 2.67. The van der Waals surface area contributed by atoms with E-state index in [0.717, 1.165) is 23.6 Å². The van der Waals surface area contributed by atoms with Crippen molar-refractivity contribution in [1.29, 1.82) is 0 Å². The third kappa shape index (κ3) is 4.91. The Kier molecular flexibility index (Phi) is 8.22. The highest BCUT2D eigenvalue weighted by molar-refractivity contribution is 6.25. The fourth-order valence-electron chi connectivity index (χ4n) is 9.11. The van der Waals surface area contributed by atoms with Crippen LogP contribution in [0.5, 0.6) is 5.75 Å². The summed E-state index contributed by atoms with van der Waals surface area (Å²) in [6.45, 7) is 2.31. The summed E-state index contributed by atoms with van der Waals surface area (Å²) in [5, 5.41) is 46.6. The molecule has 6 atom stereocenters. The first-order valence-corrected chi connectivity index (χ1v) is 16.5. The van der Waals surface area contributed by atoms with Crippen molar-refractivity contribution in [1.82, 2.24) is 4.90 Å². The van der Waals surface area contributed by atoms with E-state index in [0.29, 0.717) is 23.5 Å². The van der Waals surface area contributed by atoms with Crippen LogP contribution >= 0.6 is 0 Å². The number of aromatic hydroxyl groups is 1. The van der Waals surface area contributed by atoms with Crippen LogP contribution in [0.1, 0.15) is 68.6 Å². The molecule has 1 aromatic carbocycles. The van der Waals surface area contributed by atoms with Gasteiger partial charge in [-0.2, -0.15) is 0 Å². The molecule has 5 aliphatic rings. The van der Waals surface area contributed by atoms with Crippen LogP contribution in [0.4, 0.5) is 5.69 Å². The maximum atomic E-state index is 14.3. The molecule has 0 saturated heterocycles. The first kappa shape index (κ1) is 32.5. The van der Waals surface area contributed by atoms with Crippen molar-refractivity contribution < 1.29 is 34.8 Å². The number of carbonyl (C=O) groups is 3. The molecule has 0 spiro atoms. The number of nitrogens with two attached hydrogens (primary N) is 1. The van der Waals surface area contributed by atoms with Crippen LogP contribution in [-0.2, 0) is 20.8 Å². The average molecular weight is 634 g/mol. The lowest BCUT2D eigenvalue weighted by Crippen LogP contribution is -2.73. The molecule has 3 fully saturated rings. The minimum absolute atomic E-state index is 0.0892. The Balaban J connectivity index is 1.39. The Morgan fingerprint density at radius 1 is 1.07 bits per heavy atom. The first-order valence-electron chi connectivity index (χ1n) is 16.5. The quantitative estimate of drug-likeness (QED) is 0.296. The second-order valence-electron chi connectivity index (χ2n) is 14.9. The van der Waals surface area contributed by atoms with E-state index in [1.807, 2.05) is 31.1 Å². The molecular formula is C36H47N3O7. The number of primary amides is 1. The zero-order valence-corrected chi connectivity index (χ0v) is 27.4. The SMILES string of the molecule is CC1CCC(CC2=CC=C(c3cc(N(C)C)c4c(c3O)C(O)=C3C(=O)[C@@]5(O)C(=O)C(C(N)=O)C(O)[C@H](N(C)C)[C@H]5C[C@H]3C4)C2)CC1. The molecule has 0 bridgehead atoms. The van der Waals surface area contributed by atoms with Gasteiger partial charge in [0.15, 0.2) is 11.4 Å². The van der Waals surface area contributed by atoms with Crippen molar-refractivity contribution in [2.24, 2.45) is 35.3 Å². The number of phenolic OH excluding ortho intramolecular Hbond substituents is 1. The van der Waals surface area contributed by atoms with Gasteiger partial charge in [0.05, 0.1) is 11.7 Å². The van der Waals surface area contributed by atoms with Crippen molar-refractivity contribution in [2.45, 2.75) is 76.0 Å². The van der Waals surface area contributed by atoms with Crippen LogP contribution in [0.25, 0.3) is 11.3 Å². The van der Waals surface area contributed by atoms with Gasteiger partial charge >= 0.3 is 0 Å². The number of likely N-dealkylation sites (N-methyl/N-ethyl adjacent to an activating group) is 1. The molecule has 46 heavy (non-hydrogen) atoms. The van der Waals surface area contributed by atoms with E-state index in [1.54, 1.807) is 19.0 Å². The fraction of sp³-hybridized carbons (Fsp3) is 0.583. The molecule has 2 unspecified atom stereocenters. The number of carbonyl (C=O) groups excluding carboxylic acids is 3. The molecule has 0 radical (unpaired) electrons. The second-order valence-corrected chi connectivity index (χ2v) is 14.9. The smallest absolute Gasteiger partial charge is 0.230 e. The zero-order chi connectivity index (χ0) is 33.4. The largest absolute Gasteiger partial charge is 0.507 e. The number of nitrogens with zero attached hydrogens (tertiary/aromatic N) is 2. The molecule has 248 valence electrons. The summed E-state index contributed by atoms with van der Waals surface area (Å²) in [5.41, 5.74) is 7.06. The van der Waals surface area contributed by atoms with Crippen LogP contribution in [0.15, 0.2) is 29.4 Å². The van der Waals surface area contributed by atoms with E-state index in [4.69, 9.17) is 5.73 Å². The number of ketones is 2. The van der Waals surface area contributed by atoms with Crippen molar-refractivity contribution in [3.05, 3.63) is 46.1 Å². The predicted molar refractivity (Wildman–Crippen MR) is 175 cm³/mol. The highest BCUT2D eigenvalue weighted by Crippen LogP contribution is 2.54. The summed E-state index contributed by atoms with van der Waals surface area (Å²) < 4.78 is 0. The van der Waals surface area contributed by atoms with Crippen LogP contribution in [0.3, 0.4) is 0 Å². The molecule has 0 heterocycles. The maximum absolute atomic E-state index is 14.3. The molecule has 0 aromatic heterocycles. The van der Waals surface area contributed by atoms with Gasteiger partial charge in [-0.15, -0.1) is 0 Å². The summed E-state index contributed by atoms with van der Waals surface area (Å²) in [5.74, 6) is -5.90. The number of amides is 1. The lowest BCUT2D eigenvalue weighted by Gasteiger charge is -2.53. The third-order valence-electron chi connectivity index (χ3n) is 11.5. The van der Waals surface area contributed by atoms with Gasteiger partial charge in [-0.3, -0.25) is 14.4 Å². The molecule has 0 aliphatic heterocycles. The van der Waals surface area contributed by atoms with Gasteiger partial charge < -0.3 is 36.0 Å². The number of hydrogen-bond donors (Lipinski definition) is 5. The van der Waals surface area contributed by atoms with Crippen molar-refractivity contribution in [2.75, 3.05) is 33.1 Å². The van der Waals surface area contributed by atoms with E-state index in [2.05, 4.69) is 13.0 Å². The molecule has 5 aliphatic carbocycles. The summed E-state index contributed by atoms with van der Waals surface area (Å²) in [6.07, 6.45) is 9.66. The van der Waals surface area contributed by atoms with Gasteiger partial charge in [0.2, 0.25) is 11.7 Å². The number of anilines is 1. The molecule has 1 amide bonds. The molecule has 6 N–H and O–H groups in total. The highest BCUT2D eigenvalue weighted by atomic mass is 16.3. The van der Waals surface area contributed by atoms with Gasteiger partial charge in [-0.05, 0) is 87.6 Å². The van der Waals surface area contributed by atoms with Crippen molar-refractivity contribution in [3.63, 3.8) is 0 Å². The van der Waals surface area contributed by atoms with Crippen LogP contribution in [0.2, 0.25) is 0 Å². The Labute approximate surface area is 270 Å². The van der Waals surface area contributed by atoms with E-state index >= 15 is 0 Å². The fourth-order valence-corrected chi connectivity index (χ4v) is 9.11. The van der Waals surface area contributed by atoms with Gasteiger partial charge in [-0.1, -0.05) is 37.5 Å². The lowest BCUT2D eigenvalue weighted by atomic mass is 9.54. The zero-order valence-electron chi connectivity index (χ0n) is 27.4. The third-order valence-corrected chi connectivity index (χ3v) is 11.5. The number of rotatable bonds is 6. The Hall–Kier alpha value is -3.47. The predicted octanol–water partition coefficient (Wildman–Crippen LogP) is 3.12. The minimum Gasteiger partial charge on any atom is -0.507 e. The topological polar surface area (TPSA) is 165 Å². The van der Waals surface area contributed by atoms with E-state index in [-0.39, 0.29) is 29.7 Å². The summed E-state index contributed by atoms with van der Waals surface area (Å²) in [7, 11) is 7.05. The molecule has 6 rings (SSSR count). The van der Waals surface area contributed by atoms with Crippen molar-refractivity contribution in [3.8, 4) is 5.75 Å². The normalized spacial score (nSPS) is 34.1. The van der Waals surface area contributed by atoms with E-state index in [1.165, 1.54) is 31.3 Å². The lowest BCUT2D eigenvalue weighted by molar-refractivity contribution is -0.184. The molecule has 3 saturated carbocycles. The average Bonchev–Trinajstić information content (AvgIpc) is 3.44. The Bertz CT molecular complexity index is 1580. The van der Waals surface area contributed by atoms with E-state index in [9.17, 15) is 34.8 Å². The minimum atomic E-state index is -2.67. The number of benzene rings is 1. The van der Waals surface area contributed by atoms with Gasteiger partial charge in [0.25, 0.3) is 0 Å². The molecule has 10 nitrogen and oxygen atoms in total. The second kappa shape index (κ2) is 11.6. The first-order chi connectivity index (χ1) is 21.7. The number of allylic oxidation sites excluding steroid dienone is 4. The number of Topliss-reactive ketones (excluding diaryl/α,β-unsaturated/α-hetero) is 2. The van der Waals surface area contributed by atoms with Gasteiger partial charge in [0.1, 0.15) is 17.4 Å². The van der Waals surface area contributed by atoms with Gasteiger partial charge in [-0.25, -0.2) is 0 Å². The number of fused-ring (bicyclic) bond motifs is 3. The van der Waals surface area contributed by atoms with Crippen LogP contribution < -0.4 is 10.6 Å². The van der Waals surface area contributed by atoms with Crippen LogP contribution in [-0.4, -0.2) is 88.7 Å². The maximum Gasteiger partial charge on any atom is 0.230 e.